The zero-order valence-electron chi connectivity index (χ0n) is 14.3. The maximum absolute atomic E-state index is 12.9. The summed E-state index contributed by atoms with van der Waals surface area (Å²) >= 11 is 12.9. The maximum atomic E-state index is 12.9. The molecule has 134 valence electrons. The number of carbonyl (C=O) groups excluding carboxylic acids is 1. The highest BCUT2D eigenvalue weighted by Gasteiger charge is 2.29. The first-order valence-electron chi connectivity index (χ1n) is 7.97. The Kier molecular flexibility index (Phi) is 5.86. The van der Waals surface area contributed by atoms with Gasteiger partial charge in [-0.3, -0.25) is 4.79 Å². The fraction of sp³-hybridized carbons (Fsp3) is 0.158. The Balaban J connectivity index is 1.91. The van der Waals surface area contributed by atoms with E-state index in [0.717, 1.165) is 16.2 Å². The van der Waals surface area contributed by atoms with E-state index in [2.05, 4.69) is 16.0 Å². The topological polar surface area (TPSA) is 53.2 Å². The van der Waals surface area contributed by atoms with Crippen molar-refractivity contribution >= 4 is 52.3 Å². The molecule has 0 spiro atoms. The maximum Gasteiger partial charge on any atom is 0.255 e. The van der Waals surface area contributed by atoms with E-state index in [1.54, 1.807) is 36.0 Å². The van der Waals surface area contributed by atoms with Crippen LogP contribution in [0.15, 0.2) is 64.7 Å². The first-order chi connectivity index (χ1) is 12.5. The van der Waals surface area contributed by atoms with Crippen LogP contribution in [0.3, 0.4) is 0 Å². The number of hydrogen-bond donors (Lipinski definition) is 3. The number of hydrogen-bond acceptors (Lipinski definition) is 3. The van der Waals surface area contributed by atoms with Crippen LogP contribution in [0, 0.1) is 0 Å². The van der Waals surface area contributed by atoms with Gasteiger partial charge in [-0.15, -0.1) is 11.8 Å². The van der Waals surface area contributed by atoms with E-state index in [0.29, 0.717) is 21.4 Å². The van der Waals surface area contributed by atoms with Gasteiger partial charge in [-0.2, -0.15) is 0 Å². The molecule has 1 aliphatic rings. The third-order valence-electron chi connectivity index (χ3n) is 4.06. The van der Waals surface area contributed by atoms with E-state index >= 15 is 0 Å². The van der Waals surface area contributed by atoms with Crippen LogP contribution in [-0.4, -0.2) is 17.3 Å². The van der Waals surface area contributed by atoms with Gasteiger partial charge in [0.15, 0.2) is 5.11 Å². The van der Waals surface area contributed by atoms with Gasteiger partial charge in [0.2, 0.25) is 0 Å². The van der Waals surface area contributed by atoms with E-state index in [1.807, 2.05) is 37.4 Å². The van der Waals surface area contributed by atoms with Crippen LogP contribution in [-0.2, 0) is 4.79 Å². The van der Waals surface area contributed by atoms with Gasteiger partial charge < -0.3 is 16.0 Å². The predicted molar refractivity (Wildman–Crippen MR) is 113 cm³/mol. The summed E-state index contributed by atoms with van der Waals surface area (Å²) in [6.07, 6.45) is 2.03. The molecule has 0 saturated heterocycles. The highest BCUT2D eigenvalue weighted by molar-refractivity contribution is 7.98. The summed E-state index contributed by atoms with van der Waals surface area (Å²) < 4.78 is 0. The van der Waals surface area contributed by atoms with Crippen LogP contribution in [0.2, 0.25) is 5.02 Å². The number of nitrogens with one attached hydrogen (secondary N) is 3. The third-order valence-corrected chi connectivity index (χ3v) is 5.28. The minimum absolute atomic E-state index is 0.189. The second kappa shape index (κ2) is 8.12. The average molecular weight is 404 g/mol. The lowest BCUT2D eigenvalue weighted by atomic mass is 9.95. The number of amides is 1. The largest absolute Gasteiger partial charge is 0.351 e. The summed E-state index contributed by atoms with van der Waals surface area (Å²) in [6.45, 7) is 1.85. The van der Waals surface area contributed by atoms with Gasteiger partial charge >= 0.3 is 0 Å². The summed E-state index contributed by atoms with van der Waals surface area (Å²) in [5.41, 5.74) is 3.00. The number of thiocarbonyl (C=S) groups is 1. The molecular weight excluding hydrogens is 386 g/mol. The van der Waals surface area contributed by atoms with Crippen molar-refractivity contribution in [3.63, 3.8) is 0 Å². The molecule has 1 atom stereocenters. The van der Waals surface area contributed by atoms with Gasteiger partial charge in [0, 0.05) is 21.3 Å². The molecule has 26 heavy (non-hydrogen) atoms. The van der Waals surface area contributed by atoms with Crippen molar-refractivity contribution < 1.29 is 4.79 Å². The minimum atomic E-state index is -0.313. The fourth-order valence-corrected chi connectivity index (χ4v) is 3.58. The normalized spacial score (nSPS) is 16.7. The molecule has 0 aromatic heterocycles. The first-order valence-corrected chi connectivity index (χ1v) is 9.98. The Labute approximate surface area is 167 Å². The Morgan fingerprint density at radius 1 is 1.15 bits per heavy atom. The average Bonchev–Trinajstić information content (AvgIpc) is 2.63. The van der Waals surface area contributed by atoms with E-state index in [1.165, 1.54) is 0 Å². The van der Waals surface area contributed by atoms with Gasteiger partial charge in [0.1, 0.15) is 0 Å². The monoisotopic (exact) mass is 403 g/mol. The molecule has 3 N–H and O–H groups in total. The zero-order chi connectivity index (χ0) is 18.7. The molecule has 7 heteroatoms. The molecule has 3 rings (SSSR count). The molecule has 1 amide bonds. The Morgan fingerprint density at radius 2 is 1.81 bits per heavy atom. The molecule has 4 nitrogen and oxygen atoms in total. The van der Waals surface area contributed by atoms with Crippen LogP contribution in [0.5, 0.6) is 0 Å². The molecule has 0 unspecified atom stereocenters. The molecular formula is C19H18ClN3OS2. The smallest absolute Gasteiger partial charge is 0.255 e. The summed E-state index contributed by atoms with van der Waals surface area (Å²) in [5, 5.41) is 10.3. The number of carbonyl (C=O) groups is 1. The minimum Gasteiger partial charge on any atom is -0.351 e. The van der Waals surface area contributed by atoms with Crippen molar-refractivity contribution in [3.8, 4) is 0 Å². The van der Waals surface area contributed by atoms with Gasteiger partial charge in [-0.05, 0) is 67.4 Å². The number of thioether (sulfide) groups is 1. The van der Waals surface area contributed by atoms with E-state index in [-0.39, 0.29) is 11.9 Å². The predicted octanol–water partition coefficient (Wildman–Crippen LogP) is 4.49. The highest BCUT2D eigenvalue weighted by atomic mass is 35.5. The highest BCUT2D eigenvalue weighted by Crippen LogP contribution is 2.29. The van der Waals surface area contributed by atoms with Crippen LogP contribution < -0.4 is 16.0 Å². The van der Waals surface area contributed by atoms with Gasteiger partial charge in [-0.25, -0.2) is 0 Å². The molecule has 2 aromatic rings. The summed E-state index contributed by atoms with van der Waals surface area (Å²) in [4.78, 5) is 14.1. The summed E-state index contributed by atoms with van der Waals surface area (Å²) in [7, 11) is 0. The van der Waals surface area contributed by atoms with Crippen LogP contribution in [0.25, 0.3) is 0 Å². The molecule has 2 aromatic carbocycles. The lowest BCUT2D eigenvalue weighted by molar-refractivity contribution is -0.113. The Morgan fingerprint density at radius 3 is 2.42 bits per heavy atom. The van der Waals surface area contributed by atoms with Crippen molar-refractivity contribution in [1.29, 1.82) is 0 Å². The van der Waals surface area contributed by atoms with Crippen molar-refractivity contribution in [1.82, 2.24) is 10.6 Å². The van der Waals surface area contributed by atoms with E-state index < -0.39 is 0 Å². The van der Waals surface area contributed by atoms with E-state index in [4.69, 9.17) is 23.8 Å². The second-order valence-corrected chi connectivity index (χ2v) is 7.53. The molecule has 1 aliphatic heterocycles. The lowest BCUT2D eigenvalue weighted by Gasteiger charge is -2.30. The number of halogens is 1. The lowest BCUT2D eigenvalue weighted by Crippen LogP contribution is -2.45. The fourth-order valence-electron chi connectivity index (χ4n) is 2.77. The van der Waals surface area contributed by atoms with Gasteiger partial charge in [-0.1, -0.05) is 23.7 Å². The van der Waals surface area contributed by atoms with Crippen molar-refractivity contribution in [3.05, 3.63) is 70.4 Å². The molecule has 0 bridgehead atoms. The SMILES string of the molecule is CSc1ccc([C@@H]2NC(=S)NC(C)=C2C(=O)Nc2ccc(Cl)cc2)cc1. The molecule has 0 saturated carbocycles. The van der Waals surface area contributed by atoms with Crippen LogP contribution >= 0.6 is 35.6 Å². The quantitative estimate of drug-likeness (QED) is 0.518. The summed E-state index contributed by atoms with van der Waals surface area (Å²) in [6, 6.07) is 14.8. The number of allylic oxidation sites excluding steroid dienone is 1. The zero-order valence-corrected chi connectivity index (χ0v) is 16.7. The van der Waals surface area contributed by atoms with Crippen molar-refractivity contribution in [2.75, 3.05) is 11.6 Å². The van der Waals surface area contributed by atoms with Gasteiger partial charge in [0.25, 0.3) is 5.91 Å². The molecule has 0 aliphatic carbocycles. The number of rotatable bonds is 4. The summed E-state index contributed by atoms with van der Waals surface area (Å²) in [5.74, 6) is -0.189. The first kappa shape index (κ1) is 18.8. The van der Waals surface area contributed by atoms with E-state index in [9.17, 15) is 4.79 Å². The Hall–Kier alpha value is -2.02. The third kappa shape index (κ3) is 4.20. The van der Waals surface area contributed by atoms with Crippen LogP contribution in [0.4, 0.5) is 5.69 Å². The number of anilines is 1. The standard InChI is InChI=1S/C19H18ClN3OS2/c1-11-16(18(24)22-14-7-5-13(20)6-8-14)17(23-19(25)21-11)12-3-9-15(26-2)10-4-12/h3-10,17H,1-2H3,(H,22,24)(H2,21,23,25)/t17-/m0/s1. The Bertz CT molecular complexity index is 863. The van der Waals surface area contributed by atoms with Crippen LogP contribution in [0.1, 0.15) is 18.5 Å². The van der Waals surface area contributed by atoms with Crippen molar-refractivity contribution in [2.24, 2.45) is 0 Å². The number of benzene rings is 2. The second-order valence-electron chi connectivity index (χ2n) is 5.80. The van der Waals surface area contributed by atoms with Crippen molar-refractivity contribution in [2.45, 2.75) is 17.9 Å². The molecule has 0 fully saturated rings. The molecule has 0 radical (unpaired) electrons. The van der Waals surface area contributed by atoms with Gasteiger partial charge in [0.05, 0.1) is 11.6 Å². The molecule has 1 heterocycles.